The molecular weight excluding hydrogens is 280 g/mol. The van der Waals surface area contributed by atoms with Crippen LogP contribution in [-0.2, 0) is 4.79 Å². The van der Waals surface area contributed by atoms with E-state index < -0.39 is 0 Å². The van der Waals surface area contributed by atoms with Crippen molar-refractivity contribution in [1.82, 2.24) is 4.90 Å². The normalized spacial score (nSPS) is 9.95. The second-order valence-corrected chi connectivity index (χ2v) is 5.30. The number of nitrogens with zero attached hydrogens (tertiary/aromatic N) is 1. The molecule has 1 amide bonds. The summed E-state index contributed by atoms with van der Waals surface area (Å²) >= 11 is 7.23. The van der Waals surface area contributed by atoms with Crippen molar-refractivity contribution >= 4 is 35.0 Å². The monoisotopic (exact) mass is 296 g/mol. The Balaban J connectivity index is 2.61. The van der Waals surface area contributed by atoms with Gasteiger partial charge >= 0.3 is 0 Å². The second kappa shape index (κ2) is 7.92. The Morgan fingerprint density at radius 3 is 2.53 bits per heavy atom. The number of carbonyl (C=O) groups is 1. The summed E-state index contributed by atoms with van der Waals surface area (Å²) in [5.74, 6) is 0.354. The SMILES string of the molecule is C=CCN(CC=C)C(=O)CSc1ccc(Cl)cc1N. The highest BCUT2D eigenvalue weighted by Gasteiger charge is 2.12. The molecule has 0 aromatic heterocycles. The predicted molar refractivity (Wildman–Crippen MR) is 83.6 cm³/mol. The molecule has 0 radical (unpaired) electrons. The molecule has 3 nitrogen and oxygen atoms in total. The largest absolute Gasteiger partial charge is 0.398 e. The number of nitrogens with two attached hydrogens (primary N) is 1. The van der Waals surface area contributed by atoms with Crippen LogP contribution in [0.5, 0.6) is 0 Å². The molecule has 0 heterocycles. The molecule has 0 aliphatic rings. The molecule has 0 atom stereocenters. The van der Waals surface area contributed by atoms with Crippen molar-refractivity contribution in [1.29, 1.82) is 0 Å². The van der Waals surface area contributed by atoms with Crippen LogP contribution in [0.4, 0.5) is 5.69 Å². The fourth-order valence-corrected chi connectivity index (χ4v) is 2.50. The highest BCUT2D eigenvalue weighted by Crippen LogP contribution is 2.27. The van der Waals surface area contributed by atoms with Gasteiger partial charge in [0, 0.05) is 28.7 Å². The third-order valence-corrected chi connectivity index (χ3v) is 3.68. The molecule has 0 saturated heterocycles. The highest BCUT2D eigenvalue weighted by molar-refractivity contribution is 8.00. The zero-order chi connectivity index (χ0) is 14.3. The van der Waals surface area contributed by atoms with Crippen LogP contribution < -0.4 is 5.73 Å². The highest BCUT2D eigenvalue weighted by atomic mass is 35.5. The van der Waals surface area contributed by atoms with Crippen molar-refractivity contribution in [2.75, 3.05) is 24.6 Å². The summed E-state index contributed by atoms with van der Waals surface area (Å²) in [5, 5.41) is 0.591. The van der Waals surface area contributed by atoms with Crippen LogP contribution in [0.25, 0.3) is 0 Å². The molecule has 5 heteroatoms. The number of halogens is 1. The summed E-state index contributed by atoms with van der Waals surface area (Å²) in [4.78, 5) is 14.6. The van der Waals surface area contributed by atoms with E-state index in [-0.39, 0.29) is 5.91 Å². The molecule has 19 heavy (non-hydrogen) atoms. The van der Waals surface area contributed by atoms with Gasteiger partial charge in [0.2, 0.25) is 5.91 Å². The number of thioether (sulfide) groups is 1. The summed E-state index contributed by atoms with van der Waals surface area (Å²) in [6.07, 6.45) is 3.39. The van der Waals surface area contributed by atoms with E-state index in [1.54, 1.807) is 29.2 Å². The van der Waals surface area contributed by atoms with E-state index in [0.29, 0.717) is 29.6 Å². The van der Waals surface area contributed by atoms with Gasteiger partial charge in [0.05, 0.1) is 5.75 Å². The summed E-state index contributed by atoms with van der Waals surface area (Å²) < 4.78 is 0. The van der Waals surface area contributed by atoms with Gasteiger partial charge in [-0.1, -0.05) is 23.8 Å². The molecule has 2 N–H and O–H groups in total. The van der Waals surface area contributed by atoms with Gasteiger partial charge in [-0.3, -0.25) is 4.79 Å². The second-order valence-electron chi connectivity index (χ2n) is 3.85. The maximum Gasteiger partial charge on any atom is 0.233 e. The van der Waals surface area contributed by atoms with Gasteiger partial charge in [-0.15, -0.1) is 24.9 Å². The number of nitrogen functional groups attached to an aromatic ring is 1. The van der Waals surface area contributed by atoms with Crippen molar-refractivity contribution in [3.8, 4) is 0 Å². The average molecular weight is 297 g/mol. The van der Waals surface area contributed by atoms with Gasteiger partial charge in [0.25, 0.3) is 0 Å². The van der Waals surface area contributed by atoms with Gasteiger partial charge in [0.15, 0.2) is 0 Å². The van der Waals surface area contributed by atoms with Crippen LogP contribution >= 0.6 is 23.4 Å². The molecule has 0 aliphatic carbocycles. The maximum absolute atomic E-state index is 12.0. The minimum absolute atomic E-state index is 0.0270. The molecule has 1 aromatic carbocycles. The number of anilines is 1. The van der Waals surface area contributed by atoms with Crippen molar-refractivity contribution in [2.24, 2.45) is 0 Å². The van der Waals surface area contributed by atoms with Gasteiger partial charge in [0.1, 0.15) is 0 Å². The molecule has 1 rings (SSSR count). The zero-order valence-corrected chi connectivity index (χ0v) is 12.2. The lowest BCUT2D eigenvalue weighted by Gasteiger charge is -2.19. The Morgan fingerprint density at radius 2 is 2.00 bits per heavy atom. The van der Waals surface area contributed by atoms with Gasteiger partial charge in [-0.25, -0.2) is 0 Å². The zero-order valence-electron chi connectivity index (χ0n) is 10.6. The van der Waals surface area contributed by atoms with E-state index in [1.807, 2.05) is 6.07 Å². The molecule has 102 valence electrons. The van der Waals surface area contributed by atoms with Crippen LogP contribution in [0.1, 0.15) is 0 Å². The first-order valence-corrected chi connectivity index (χ1v) is 7.12. The van der Waals surface area contributed by atoms with Crippen LogP contribution in [0, 0.1) is 0 Å². The number of benzene rings is 1. The fourth-order valence-electron chi connectivity index (χ4n) is 1.47. The first-order valence-electron chi connectivity index (χ1n) is 5.76. The standard InChI is InChI=1S/C14H17ClN2OS/c1-3-7-17(8-4-2)14(18)10-19-13-6-5-11(15)9-12(13)16/h3-6,9H,1-2,7-8,10,16H2. The van der Waals surface area contributed by atoms with Crippen molar-refractivity contribution in [3.63, 3.8) is 0 Å². The van der Waals surface area contributed by atoms with E-state index in [1.165, 1.54) is 11.8 Å². The summed E-state index contributed by atoms with van der Waals surface area (Å²) in [6.45, 7) is 8.31. The van der Waals surface area contributed by atoms with Crippen LogP contribution in [-0.4, -0.2) is 29.6 Å². The van der Waals surface area contributed by atoms with Crippen molar-refractivity contribution in [2.45, 2.75) is 4.90 Å². The molecule has 0 saturated carbocycles. The summed E-state index contributed by atoms with van der Waals surface area (Å²) in [5.41, 5.74) is 6.43. The van der Waals surface area contributed by atoms with Gasteiger partial charge in [-0.05, 0) is 18.2 Å². The number of hydrogen-bond donors (Lipinski definition) is 1. The first kappa shape index (κ1) is 15.7. The minimum atomic E-state index is 0.0270. The van der Waals surface area contributed by atoms with E-state index in [4.69, 9.17) is 17.3 Å². The molecule has 0 unspecified atom stereocenters. The summed E-state index contributed by atoms with van der Waals surface area (Å²) in [6, 6.07) is 5.26. The lowest BCUT2D eigenvalue weighted by Crippen LogP contribution is -2.32. The number of amides is 1. The Morgan fingerprint density at radius 1 is 1.37 bits per heavy atom. The summed E-state index contributed by atoms with van der Waals surface area (Å²) in [7, 11) is 0. The molecule has 0 aliphatic heterocycles. The molecular formula is C14H17ClN2OS. The lowest BCUT2D eigenvalue weighted by molar-refractivity contribution is -0.127. The predicted octanol–water partition coefficient (Wildman–Crippen LogP) is 3.21. The van der Waals surface area contributed by atoms with Crippen LogP contribution in [0.3, 0.4) is 0 Å². The van der Waals surface area contributed by atoms with Gasteiger partial charge in [-0.2, -0.15) is 0 Å². The topological polar surface area (TPSA) is 46.3 Å². The van der Waals surface area contributed by atoms with E-state index in [0.717, 1.165) is 4.90 Å². The number of hydrogen-bond acceptors (Lipinski definition) is 3. The smallest absolute Gasteiger partial charge is 0.233 e. The van der Waals surface area contributed by atoms with E-state index in [2.05, 4.69) is 13.2 Å². The maximum atomic E-state index is 12.0. The third-order valence-electron chi connectivity index (χ3n) is 2.37. The fraction of sp³-hybridized carbons (Fsp3) is 0.214. The third kappa shape index (κ3) is 5.01. The Kier molecular flexibility index (Phi) is 6.53. The molecule has 1 aromatic rings. The van der Waals surface area contributed by atoms with E-state index >= 15 is 0 Å². The minimum Gasteiger partial charge on any atom is -0.398 e. The average Bonchev–Trinajstić information content (AvgIpc) is 2.37. The molecule has 0 fully saturated rings. The number of carbonyl (C=O) groups excluding carboxylic acids is 1. The van der Waals surface area contributed by atoms with E-state index in [9.17, 15) is 4.79 Å². The van der Waals surface area contributed by atoms with Crippen molar-refractivity contribution in [3.05, 3.63) is 48.5 Å². The van der Waals surface area contributed by atoms with Crippen LogP contribution in [0.2, 0.25) is 5.02 Å². The quantitative estimate of drug-likeness (QED) is 0.477. The van der Waals surface area contributed by atoms with Gasteiger partial charge < -0.3 is 10.6 Å². The van der Waals surface area contributed by atoms with Crippen molar-refractivity contribution < 1.29 is 4.79 Å². The molecule has 0 spiro atoms. The Labute approximate surface area is 123 Å². The lowest BCUT2D eigenvalue weighted by atomic mass is 10.3. The first-order chi connectivity index (χ1) is 9.08. The van der Waals surface area contributed by atoms with Crippen LogP contribution in [0.15, 0.2) is 48.4 Å². The Bertz CT molecular complexity index is 467. The molecule has 0 bridgehead atoms. The number of rotatable bonds is 7. The Hall–Kier alpha value is -1.39.